The minimum atomic E-state index is -0.552. The zero-order valence-corrected chi connectivity index (χ0v) is 14.3. The van der Waals surface area contributed by atoms with Gasteiger partial charge in [-0.1, -0.05) is 18.2 Å². The van der Waals surface area contributed by atoms with Gasteiger partial charge in [0.1, 0.15) is 6.54 Å². The van der Waals surface area contributed by atoms with Gasteiger partial charge in [-0.15, -0.1) is 11.3 Å². The van der Waals surface area contributed by atoms with Crippen molar-refractivity contribution in [2.24, 2.45) is 0 Å². The summed E-state index contributed by atoms with van der Waals surface area (Å²) in [5.41, 5.74) is -0.498. The summed E-state index contributed by atoms with van der Waals surface area (Å²) in [6.45, 7) is 0.294. The van der Waals surface area contributed by atoms with E-state index in [4.69, 9.17) is 0 Å². The molecule has 1 saturated carbocycles. The van der Waals surface area contributed by atoms with E-state index >= 15 is 0 Å². The Hall–Kier alpha value is -2.67. The third-order valence-corrected chi connectivity index (χ3v) is 5.26. The van der Waals surface area contributed by atoms with Crippen LogP contribution in [0.15, 0.2) is 51.4 Å². The van der Waals surface area contributed by atoms with E-state index in [1.165, 1.54) is 0 Å². The van der Waals surface area contributed by atoms with Crippen LogP contribution in [-0.2, 0) is 17.9 Å². The summed E-state index contributed by atoms with van der Waals surface area (Å²) in [5.74, 6) is -0.196. The predicted molar refractivity (Wildman–Crippen MR) is 96.7 cm³/mol. The van der Waals surface area contributed by atoms with Gasteiger partial charge in [0, 0.05) is 10.9 Å². The fraction of sp³-hybridized carbons (Fsp3) is 0.278. The number of amides is 1. The number of aromatic nitrogens is 2. The SMILES string of the molecule is O=C(Cn1c(=O)[nH]c2ccccc2c1=O)N(Cc1cccs1)C1CC1. The fourth-order valence-corrected chi connectivity index (χ4v) is 3.65. The molecule has 0 bridgehead atoms. The fourth-order valence-electron chi connectivity index (χ4n) is 2.95. The quantitative estimate of drug-likeness (QED) is 0.760. The number of carbonyl (C=O) groups excluding carboxylic acids is 1. The van der Waals surface area contributed by atoms with Crippen molar-refractivity contribution in [2.75, 3.05) is 0 Å². The highest BCUT2D eigenvalue weighted by Gasteiger charge is 2.33. The molecule has 0 saturated heterocycles. The molecule has 4 rings (SSSR count). The minimum Gasteiger partial charge on any atom is -0.333 e. The molecule has 3 aromatic rings. The second-order valence-electron chi connectivity index (χ2n) is 6.20. The predicted octanol–water partition coefficient (Wildman–Crippen LogP) is 1.94. The topological polar surface area (TPSA) is 75.2 Å². The normalized spacial score (nSPS) is 13.9. The maximum absolute atomic E-state index is 12.8. The number of nitrogens with one attached hydrogen (secondary N) is 1. The molecule has 7 heteroatoms. The van der Waals surface area contributed by atoms with Gasteiger partial charge < -0.3 is 9.88 Å². The highest BCUT2D eigenvalue weighted by molar-refractivity contribution is 7.09. The van der Waals surface area contributed by atoms with Crippen LogP contribution >= 0.6 is 11.3 Å². The van der Waals surface area contributed by atoms with E-state index in [0.29, 0.717) is 17.4 Å². The molecule has 128 valence electrons. The maximum atomic E-state index is 12.8. The summed E-state index contributed by atoms with van der Waals surface area (Å²) in [7, 11) is 0. The van der Waals surface area contributed by atoms with E-state index in [9.17, 15) is 14.4 Å². The molecule has 1 N–H and O–H groups in total. The zero-order valence-electron chi connectivity index (χ0n) is 13.5. The number of fused-ring (bicyclic) bond motifs is 1. The molecule has 1 aliphatic rings. The van der Waals surface area contributed by atoms with E-state index < -0.39 is 11.2 Å². The lowest BCUT2D eigenvalue weighted by Crippen LogP contribution is -2.42. The summed E-state index contributed by atoms with van der Waals surface area (Å²) in [6, 6.07) is 11.0. The Kier molecular flexibility index (Phi) is 4.01. The first-order chi connectivity index (χ1) is 12.1. The Morgan fingerprint density at radius 3 is 2.72 bits per heavy atom. The van der Waals surface area contributed by atoms with Crippen LogP contribution in [0.25, 0.3) is 10.9 Å². The second kappa shape index (κ2) is 6.33. The smallest absolute Gasteiger partial charge is 0.329 e. The number of rotatable bonds is 5. The molecule has 1 amide bonds. The van der Waals surface area contributed by atoms with Crippen LogP contribution in [0, 0.1) is 0 Å². The van der Waals surface area contributed by atoms with E-state index in [1.54, 1.807) is 40.5 Å². The molecule has 6 nitrogen and oxygen atoms in total. The van der Waals surface area contributed by atoms with Crippen LogP contribution in [0.5, 0.6) is 0 Å². The zero-order chi connectivity index (χ0) is 17.4. The highest BCUT2D eigenvalue weighted by atomic mass is 32.1. The molecule has 25 heavy (non-hydrogen) atoms. The lowest BCUT2D eigenvalue weighted by atomic mass is 10.2. The van der Waals surface area contributed by atoms with E-state index in [1.807, 2.05) is 17.5 Å². The molecule has 1 aliphatic carbocycles. The number of hydrogen-bond donors (Lipinski definition) is 1. The van der Waals surface area contributed by atoms with Crippen molar-refractivity contribution in [1.82, 2.24) is 14.5 Å². The molecule has 0 radical (unpaired) electrons. The van der Waals surface area contributed by atoms with Crippen molar-refractivity contribution in [2.45, 2.75) is 32.0 Å². The Morgan fingerprint density at radius 1 is 1.20 bits per heavy atom. The largest absolute Gasteiger partial charge is 0.333 e. The van der Waals surface area contributed by atoms with Crippen molar-refractivity contribution in [3.63, 3.8) is 0 Å². The van der Waals surface area contributed by atoms with Crippen LogP contribution in [0.3, 0.4) is 0 Å². The molecule has 0 unspecified atom stereocenters. The number of carbonyl (C=O) groups is 1. The third kappa shape index (κ3) is 3.15. The van der Waals surface area contributed by atoms with Crippen molar-refractivity contribution in [3.05, 3.63) is 67.5 Å². The molecular weight excluding hydrogens is 338 g/mol. The Bertz CT molecular complexity index is 1030. The number of H-pyrrole nitrogens is 1. The minimum absolute atomic E-state index is 0.196. The van der Waals surface area contributed by atoms with Gasteiger partial charge in [-0.3, -0.25) is 14.2 Å². The summed E-state index contributed by atoms with van der Waals surface area (Å²) in [5, 5.41) is 2.38. The first-order valence-corrected chi connectivity index (χ1v) is 9.05. The van der Waals surface area contributed by atoms with Crippen LogP contribution in [0.2, 0.25) is 0 Å². The molecule has 0 atom stereocenters. The van der Waals surface area contributed by atoms with Gasteiger partial charge in [0.05, 0.1) is 17.4 Å². The van der Waals surface area contributed by atoms with Crippen LogP contribution < -0.4 is 11.2 Å². The van der Waals surface area contributed by atoms with Gasteiger partial charge in [-0.05, 0) is 36.4 Å². The molecule has 2 aromatic heterocycles. The Morgan fingerprint density at radius 2 is 2.00 bits per heavy atom. The van der Waals surface area contributed by atoms with Crippen LogP contribution in [0.1, 0.15) is 17.7 Å². The number of thiophene rings is 1. The van der Waals surface area contributed by atoms with Crippen LogP contribution in [-0.4, -0.2) is 26.4 Å². The molecule has 1 fully saturated rings. The number of benzene rings is 1. The standard InChI is InChI=1S/C18H17N3O3S/c22-16(20(12-7-8-12)10-13-4-3-9-25-13)11-21-17(23)14-5-1-2-6-15(14)19-18(21)24/h1-6,9,12H,7-8,10-11H2,(H,19,24). The molecule has 2 heterocycles. The van der Waals surface area contributed by atoms with Crippen molar-refractivity contribution >= 4 is 28.1 Å². The molecule has 0 aliphatic heterocycles. The number of para-hydroxylation sites is 1. The van der Waals surface area contributed by atoms with Crippen molar-refractivity contribution in [1.29, 1.82) is 0 Å². The monoisotopic (exact) mass is 355 g/mol. The average molecular weight is 355 g/mol. The Labute approximate surface area is 147 Å². The average Bonchev–Trinajstić information content (AvgIpc) is 3.32. The van der Waals surface area contributed by atoms with Gasteiger partial charge in [-0.2, -0.15) is 0 Å². The third-order valence-electron chi connectivity index (χ3n) is 4.40. The summed E-state index contributed by atoms with van der Waals surface area (Å²) < 4.78 is 0.995. The molecular formula is C18H17N3O3S. The van der Waals surface area contributed by atoms with Crippen molar-refractivity contribution < 1.29 is 4.79 Å². The summed E-state index contributed by atoms with van der Waals surface area (Å²) in [6.07, 6.45) is 1.94. The first-order valence-electron chi connectivity index (χ1n) is 8.17. The Balaban J connectivity index is 1.64. The van der Waals surface area contributed by atoms with Gasteiger partial charge in [-0.25, -0.2) is 4.79 Å². The number of hydrogen-bond acceptors (Lipinski definition) is 4. The van der Waals surface area contributed by atoms with E-state index in [-0.39, 0.29) is 18.5 Å². The van der Waals surface area contributed by atoms with Gasteiger partial charge in [0.25, 0.3) is 5.56 Å². The van der Waals surface area contributed by atoms with E-state index in [0.717, 1.165) is 22.3 Å². The highest BCUT2D eigenvalue weighted by Crippen LogP contribution is 2.29. The summed E-state index contributed by atoms with van der Waals surface area (Å²) in [4.78, 5) is 43.2. The lowest BCUT2D eigenvalue weighted by Gasteiger charge is -2.22. The summed E-state index contributed by atoms with van der Waals surface area (Å²) >= 11 is 1.60. The lowest BCUT2D eigenvalue weighted by molar-refractivity contribution is -0.133. The number of aromatic amines is 1. The first kappa shape index (κ1) is 15.8. The van der Waals surface area contributed by atoms with Crippen LogP contribution in [0.4, 0.5) is 0 Å². The van der Waals surface area contributed by atoms with Gasteiger partial charge in [0.2, 0.25) is 5.91 Å². The molecule has 0 spiro atoms. The van der Waals surface area contributed by atoms with Gasteiger partial charge >= 0.3 is 5.69 Å². The maximum Gasteiger partial charge on any atom is 0.329 e. The number of nitrogens with zero attached hydrogens (tertiary/aromatic N) is 2. The van der Waals surface area contributed by atoms with E-state index in [2.05, 4.69) is 4.98 Å². The van der Waals surface area contributed by atoms with Gasteiger partial charge in [0.15, 0.2) is 0 Å². The van der Waals surface area contributed by atoms with Crippen molar-refractivity contribution in [3.8, 4) is 0 Å². The molecule has 1 aromatic carbocycles. The second-order valence-corrected chi connectivity index (χ2v) is 7.23.